The molecule has 1 aromatic carbocycles. The van der Waals surface area contributed by atoms with Crippen LogP contribution >= 0.6 is 11.3 Å². The first-order chi connectivity index (χ1) is 10.5. The molecule has 0 saturated heterocycles. The number of carbonyl (C=O) groups is 2. The van der Waals surface area contributed by atoms with E-state index in [1.165, 1.54) is 4.88 Å². The van der Waals surface area contributed by atoms with E-state index in [1.807, 2.05) is 30.0 Å². The van der Waals surface area contributed by atoms with Crippen molar-refractivity contribution in [3.63, 3.8) is 0 Å². The number of thiophene rings is 1. The van der Waals surface area contributed by atoms with Crippen molar-refractivity contribution in [1.82, 2.24) is 4.90 Å². The fraction of sp³-hybridized carbons (Fsp3) is 0.294. The van der Waals surface area contributed by atoms with E-state index < -0.39 is 5.97 Å². The van der Waals surface area contributed by atoms with Gasteiger partial charge in [-0.15, -0.1) is 11.3 Å². The van der Waals surface area contributed by atoms with Gasteiger partial charge in [-0.05, 0) is 42.7 Å². The lowest BCUT2D eigenvalue weighted by Crippen LogP contribution is -2.37. The maximum absolute atomic E-state index is 12.4. The standard InChI is InChI=1S/C17H17NO3S/c1-11-5-6-13(22-11)9-16(19)18-8-7-14-12(10-18)3-2-4-15(14)17(20)21/h2-6H,7-10H2,1H3,(H,20,21). The average Bonchev–Trinajstić information content (AvgIpc) is 2.91. The molecule has 0 aliphatic carbocycles. The van der Waals surface area contributed by atoms with E-state index in [-0.39, 0.29) is 5.91 Å². The Labute approximate surface area is 133 Å². The molecular formula is C17H17NO3S. The number of hydrogen-bond acceptors (Lipinski definition) is 3. The van der Waals surface area contributed by atoms with E-state index in [0.717, 1.165) is 16.0 Å². The first kappa shape index (κ1) is 14.8. The third kappa shape index (κ3) is 2.90. The molecule has 1 aromatic heterocycles. The largest absolute Gasteiger partial charge is 0.478 e. The van der Waals surface area contributed by atoms with Crippen LogP contribution in [0.3, 0.4) is 0 Å². The molecule has 5 heteroatoms. The number of hydrogen-bond donors (Lipinski definition) is 1. The van der Waals surface area contributed by atoms with Gasteiger partial charge in [-0.1, -0.05) is 12.1 Å². The number of carboxylic acids is 1. The van der Waals surface area contributed by atoms with E-state index in [2.05, 4.69) is 0 Å². The molecule has 0 unspecified atom stereocenters. The number of amides is 1. The van der Waals surface area contributed by atoms with Gasteiger partial charge < -0.3 is 10.0 Å². The minimum atomic E-state index is -0.898. The van der Waals surface area contributed by atoms with Crippen LogP contribution in [-0.4, -0.2) is 28.4 Å². The Morgan fingerprint density at radius 1 is 1.27 bits per heavy atom. The van der Waals surface area contributed by atoms with Gasteiger partial charge in [-0.3, -0.25) is 4.79 Å². The Morgan fingerprint density at radius 2 is 2.09 bits per heavy atom. The van der Waals surface area contributed by atoms with E-state index >= 15 is 0 Å². The van der Waals surface area contributed by atoms with E-state index in [4.69, 9.17) is 0 Å². The number of fused-ring (bicyclic) bond motifs is 1. The van der Waals surface area contributed by atoms with Gasteiger partial charge in [0.15, 0.2) is 0 Å². The summed E-state index contributed by atoms with van der Waals surface area (Å²) in [6, 6.07) is 9.32. The maximum Gasteiger partial charge on any atom is 0.335 e. The second-order valence-corrected chi connectivity index (χ2v) is 6.88. The predicted molar refractivity (Wildman–Crippen MR) is 85.3 cm³/mol. The highest BCUT2D eigenvalue weighted by Gasteiger charge is 2.24. The molecule has 0 fully saturated rings. The Morgan fingerprint density at radius 3 is 2.77 bits per heavy atom. The summed E-state index contributed by atoms with van der Waals surface area (Å²) in [4.78, 5) is 27.8. The van der Waals surface area contributed by atoms with E-state index in [0.29, 0.717) is 31.5 Å². The molecule has 4 nitrogen and oxygen atoms in total. The Kier molecular flexibility index (Phi) is 3.98. The van der Waals surface area contributed by atoms with Crippen LogP contribution in [0.1, 0.15) is 31.2 Å². The number of rotatable bonds is 3. The summed E-state index contributed by atoms with van der Waals surface area (Å²) in [7, 11) is 0. The number of aryl methyl sites for hydroxylation is 1. The zero-order valence-corrected chi connectivity index (χ0v) is 13.2. The first-order valence-corrected chi connectivity index (χ1v) is 8.03. The van der Waals surface area contributed by atoms with E-state index in [9.17, 15) is 14.7 Å². The van der Waals surface area contributed by atoms with Crippen LogP contribution in [0.5, 0.6) is 0 Å². The summed E-state index contributed by atoms with van der Waals surface area (Å²) in [6.45, 7) is 3.11. The molecule has 0 saturated carbocycles. The molecule has 1 aliphatic rings. The Balaban J connectivity index is 1.75. The summed E-state index contributed by atoms with van der Waals surface area (Å²) in [5, 5.41) is 9.23. The van der Waals surface area contributed by atoms with Gasteiger partial charge >= 0.3 is 5.97 Å². The van der Waals surface area contributed by atoms with Crippen molar-refractivity contribution in [1.29, 1.82) is 0 Å². The number of carboxylic acid groups (broad SMARTS) is 1. The van der Waals surface area contributed by atoms with Crippen molar-refractivity contribution < 1.29 is 14.7 Å². The molecule has 2 heterocycles. The number of aromatic carboxylic acids is 1. The average molecular weight is 315 g/mol. The normalized spacial score (nSPS) is 13.8. The molecule has 0 atom stereocenters. The van der Waals surface area contributed by atoms with Crippen LogP contribution < -0.4 is 0 Å². The lowest BCUT2D eigenvalue weighted by atomic mass is 9.94. The summed E-state index contributed by atoms with van der Waals surface area (Å²) in [5.41, 5.74) is 2.17. The monoisotopic (exact) mass is 315 g/mol. The second kappa shape index (κ2) is 5.93. The Hall–Kier alpha value is -2.14. The minimum absolute atomic E-state index is 0.105. The number of nitrogens with zero attached hydrogens (tertiary/aromatic N) is 1. The predicted octanol–water partition coefficient (Wildman–Crippen LogP) is 2.88. The number of benzene rings is 1. The molecule has 1 N–H and O–H groups in total. The topological polar surface area (TPSA) is 57.6 Å². The molecule has 22 heavy (non-hydrogen) atoms. The molecule has 2 aromatic rings. The van der Waals surface area contributed by atoms with Crippen molar-refractivity contribution in [3.8, 4) is 0 Å². The minimum Gasteiger partial charge on any atom is -0.478 e. The Bertz CT molecular complexity index is 735. The summed E-state index contributed by atoms with van der Waals surface area (Å²) < 4.78 is 0. The zero-order chi connectivity index (χ0) is 15.7. The van der Waals surface area contributed by atoms with Crippen LogP contribution in [0.4, 0.5) is 0 Å². The van der Waals surface area contributed by atoms with Crippen molar-refractivity contribution in [2.75, 3.05) is 6.54 Å². The first-order valence-electron chi connectivity index (χ1n) is 7.22. The van der Waals surface area contributed by atoms with Gasteiger partial charge in [0.05, 0.1) is 12.0 Å². The highest BCUT2D eigenvalue weighted by Crippen LogP contribution is 2.24. The smallest absolute Gasteiger partial charge is 0.335 e. The lowest BCUT2D eigenvalue weighted by Gasteiger charge is -2.29. The van der Waals surface area contributed by atoms with Crippen molar-refractivity contribution >= 4 is 23.2 Å². The third-order valence-corrected chi connectivity index (χ3v) is 4.97. The van der Waals surface area contributed by atoms with Gasteiger partial charge in [0.1, 0.15) is 0 Å². The van der Waals surface area contributed by atoms with Crippen molar-refractivity contribution in [3.05, 3.63) is 56.8 Å². The highest BCUT2D eigenvalue weighted by atomic mass is 32.1. The SMILES string of the molecule is Cc1ccc(CC(=O)N2CCc3c(cccc3C(=O)O)C2)s1. The summed E-state index contributed by atoms with van der Waals surface area (Å²) in [6.07, 6.45) is 1.03. The molecule has 114 valence electrons. The van der Waals surface area contributed by atoms with Crippen LogP contribution in [0.15, 0.2) is 30.3 Å². The van der Waals surface area contributed by atoms with Crippen molar-refractivity contribution in [2.24, 2.45) is 0 Å². The maximum atomic E-state index is 12.4. The van der Waals surface area contributed by atoms with Gasteiger partial charge in [0, 0.05) is 22.8 Å². The van der Waals surface area contributed by atoms with Crippen LogP contribution in [0, 0.1) is 6.92 Å². The zero-order valence-electron chi connectivity index (χ0n) is 12.3. The molecule has 1 aliphatic heterocycles. The highest BCUT2D eigenvalue weighted by molar-refractivity contribution is 7.12. The van der Waals surface area contributed by atoms with Crippen LogP contribution in [0.2, 0.25) is 0 Å². The van der Waals surface area contributed by atoms with E-state index in [1.54, 1.807) is 23.5 Å². The fourth-order valence-corrected chi connectivity index (χ4v) is 3.75. The molecular weight excluding hydrogens is 298 g/mol. The van der Waals surface area contributed by atoms with Crippen molar-refractivity contribution in [2.45, 2.75) is 26.3 Å². The van der Waals surface area contributed by atoms with Gasteiger partial charge in [-0.25, -0.2) is 4.79 Å². The molecule has 0 spiro atoms. The molecule has 3 rings (SSSR count). The molecule has 0 bridgehead atoms. The van der Waals surface area contributed by atoms with Crippen LogP contribution in [0.25, 0.3) is 0 Å². The third-order valence-electron chi connectivity index (χ3n) is 3.97. The lowest BCUT2D eigenvalue weighted by molar-refractivity contribution is -0.131. The summed E-state index contributed by atoms with van der Waals surface area (Å²) >= 11 is 1.65. The summed E-state index contributed by atoms with van der Waals surface area (Å²) in [5.74, 6) is -0.793. The van der Waals surface area contributed by atoms with Crippen LogP contribution in [-0.2, 0) is 24.2 Å². The molecule has 1 amide bonds. The van der Waals surface area contributed by atoms with Gasteiger partial charge in [0.2, 0.25) is 5.91 Å². The van der Waals surface area contributed by atoms with Gasteiger partial charge in [-0.2, -0.15) is 0 Å². The molecule has 0 radical (unpaired) electrons. The quantitative estimate of drug-likeness (QED) is 0.947. The fourth-order valence-electron chi connectivity index (χ4n) is 2.86. The van der Waals surface area contributed by atoms with Gasteiger partial charge in [0.25, 0.3) is 0 Å². The number of carbonyl (C=O) groups excluding carboxylic acids is 1. The second-order valence-electron chi connectivity index (χ2n) is 5.50.